The van der Waals surface area contributed by atoms with Gasteiger partial charge in [-0.3, -0.25) is 4.79 Å². The second-order valence-electron chi connectivity index (χ2n) is 7.37. The van der Waals surface area contributed by atoms with E-state index in [0.29, 0.717) is 6.54 Å². The Balaban J connectivity index is 1.38. The van der Waals surface area contributed by atoms with Crippen molar-refractivity contribution in [2.45, 2.75) is 44.6 Å². The molecule has 6 heteroatoms. The fourth-order valence-electron chi connectivity index (χ4n) is 3.56. The Morgan fingerprint density at radius 2 is 1.86 bits per heavy atom. The minimum Gasteiger partial charge on any atom is -0.452 e. The van der Waals surface area contributed by atoms with E-state index in [1.54, 1.807) is 6.08 Å². The number of carbonyl (C=O) groups is 2. The van der Waals surface area contributed by atoms with Crippen molar-refractivity contribution >= 4 is 23.6 Å². The van der Waals surface area contributed by atoms with Crippen LogP contribution in [-0.2, 0) is 19.1 Å². The highest BCUT2D eigenvalue weighted by atomic mass is 16.5. The highest BCUT2D eigenvalue weighted by Crippen LogP contribution is 2.20. The molecule has 2 heterocycles. The van der Waals surface area contributed by atoms with Crippen LogP contribution in [0.2, 0.25) is 0 Å². The maximum absolute atomic E-state index is 11.8. The molecule has 2 aliphatic rings. The van der Waals surface area contributed by atoms with E-state index >= 15 is 0 Å². The first-order valence-electron chi connectivity index (χ1n) is 10.3. The number of hydrogen-bond donors (Lipinski definition) is 1. The van der Waals surface area contributed by atoms with Crippen LogP contribution in [0.1, 0.15) is 44.1 Å². The van der Waals surface area contributed by atoms with Gasteiger partial charge in [0.15, 0.2) is 6.61 Å². The molecule has 1 amide bonds. The molecule has 28 heavy (non-hydrogen) atoms. The summed E-state index contributed by atoms with van der Waals surface area (Å²) in [5.74, 6) is -0.831. The molecular weight excluding hydrogens is 356 g/mol. The van der Waals surface area contributed by atoms with E-state index in [-0.39, 0.29) is 18.6 Å². The normalized spacial score (nSPS) is 20.1. The van der Waals surface area contributed by atoms with Gasteiger partial charge in [0.25, 0.3) is 5.91 Å². The highest BCUT2D eigenvalue weighted by Gasteiger charge is 2.16. The lowest BCUT2D eigenvalue weighted by Gasteiger charge is -2.22. The number of rotatable bonds is 7. The van der Waals surface area contributed by atoms with Crippen molar-refractivity contribution in [1.82, 2.24) is 5.32 Å². The SMILES string of the molecule is O=C(COC(=O)/C=C/c1ccc(N2CCCCCC2)cc1)NC[C@@H]1CCCO1. The van der Waals surface area contributed by atoms with Crippen LogP contribution in [0.15, 0.2) is 30.3 Å². The van der Waals surface area contributed by atoms with Gasteiger partial charge < -0.3 is 19.7 Å². The molecule has 2 aliphatic heterocycles. The molecule has 3 rings (SSSR count). The van der Waals surface area contributed by atoms with Crippen LogP contribution in [0.3, 0.4) is 0 Å². The molecule has 0 radical (unpaired) electrons. The van der Waals surface area contributed by atoms with Crippen LogP contribution in [0.4, 0.5) is 5.69 Å². The molecule has 0 aromatic heterocycles. The lowest BCUT2D eigenvalue weighted by atomic mass is 10.1. The summed E-state index contributed by atoms with van der Waals surface area (Å²) >= 11 is 0. The number of carbonyl (C=O) groups excluding carboxylic acids is 2. The number of amides is 1. The largest absolute Gasteiger partial charge is 0.452 e. The quantitative estimate of drug-likeness (QED) is 0.576. The minimum atomic E-state index is -0.524. The Morgan fingerprint density at radius 3 is 2.54 bits per heavy atom. The van der Waals surface area contributed by atoms with Gasteiger partial charge in [-0.15, -0.1) is 0 Å². The molecule has 2 fully saturated rings. The van der Waals surface area contributed by atoms with Gasteiger partial charge in [-0.05, 0) is 49.5 Å². The molecule has 1 aromatic carbocycles. The Hall–Kier alpha value is -2.34. The lowest BCUT2D eigenvalue weighted by molar-refractivity contribution is -0.143. The number of anilines is 1. The van der Waals surface area contributed by atoms with Crippen molar-refractivity contribution in [3.05, 3.63) is 35.9 Å². The summed E-state index contributed by atoms with van der Waals surface area (Å²) in [5, 5.41) is 2.73. The predicted octanol–water partition coefficient (Wildman–Crippen LogP) is 2.92. The average molecular weight is 386 g/mol. The number of nitrogens with one attached hydrogen (secondary N) is 1. The molecule has 0 unspecified atom stereocenters. The van der Waals surface area contributed by atoms with E-state index in [1.807, 2.05) is 12.1 Å². The summed E-state index contributed by atoms with van der Waals surface area (Å²) in [5.41, 5.74) is 2.16. The molecule has 1 atom stereocenters. The highest BCUT2D eigenvalue weighted by molar-refractivity contribution is 5.89. The average Bonchev–Trinajstić information content (AvgIpc) is 3.10. The molecule has 0 aliphatic carbocycles. The van der Waals surface area contributed by atoms with Crippen molar-refractivity contribution in [2.75, 3.05) is 37.7 Å². The van der Waals surface area contributed by atoms with Crippen LogP contribution in [0, 0.1) is 0 Å². The number of benzene rings is 1. The maximum Gasteiger partial charge on any atom is 0.331 e. The molecule has 0 saturated carbocycles. The van der Waals surface area contributed by atoms with Crippen LogP contribution in [0.25, 0.3) is 6.08 Å². The van der Waals surface area contributed by atoms with Gasteiger partial charge in [0.05, 0.1) is 6.10 Å². The molecule has 0 spiro atoms. The molecule has 2 saturated heterocycles. The summed E-state index contributed by atoms with van der Waals surface area (Å²) in [6, 6.07) is 8.18. The van der Waals surface area contributed by atoms with Gasteiger partial charge in [-0.1, -0.05) is 25.0 Å². The zero-order valence-corrected chi connectivity index (χ0v) is 16.4. The number of esters is 1. The summed E-state index contributed by atoms with van der Waals surface area (Å²) in [6.07, 6.45) is 10.2. The Kier molecular flexibility index (Phi) is 7.91. The number of nitrogens with zero attached hydrogens (tertiary/aromatic N) is 1. The van der Waals surface area contributed by atoms with E-state index in [1.165, 1.54) is 37.4 Å². The van der Waals surface area contributed by atoms with Gasteiger partial charge in [0.2, 0.25) is 0 Å². The summed E-state index contributed by atoms with van der Waals surface area (Å²) < 4.78 is 10.4. The van der Waals surface area contributed by atoms with Gasteiger partial charge in [0.1, 0.15) is 0 Å². The third-order valence-corrected chi connectivity index (χ3v) is 5.17. The van der Waals surface area contributed by atoms with Crippen LogP contribution in [-0.4, -0.2) is 50.8 Å². The van der Waals surface area contributed by atoms with E-state index in [4.69, 9.17) is 9.47 Å². The molecule has 1 N–H and O–H groups in total. The summed E-state index contributed by atoms with van der Waals surface area (Å²) in [7, 11) is 0. The first-order valence-corrected chi connectivity index (χ1v) is 10.3. The van der Waals surface area contributed by atoms with E-state index in [9.17, 15) is 9.59 Å². The molecule has 6 nitrogen and oxygen atoms in total. The van der Waals surface area contributed by atoms with E-state index < -0.39 is 5.97 Å². The second kappa shape index (κ2) is 10.9. The third kappa shape index (κ3) is 6.68. The van der Waals surface area contributed by atoms with Gasteiger partial charge in [0, 0.05) is 38.0 Å². The molecular formula is C22H30N2O4. The molecule has 1 aromatic rings. The van der Waals surface area contributed by atoms with Gasteiger partial charge >= 0.3 is 5.97 Å². The van der Waals surface area contributed by atoms with Crippen LogP contribution >= 0.6 is 0 Å². The molecule has 152 valence electrons. The van der Waals surface area contributed by atoms with Gasteiger partial charge in [-0.25, -0.2) is 4.79 Å². The summed E-state index contributed by atoms with van der Waals surface area (Å²) in [4.78, 5) is 26.0. The Labute approximate surface area is 166 Å². The number of ether oxygens (including phenoxy) is 2. The fraction of sp³-hybridized carbons (Fsp3) is 0.545. The topological polar surface area (TPSA) is 67.9 Å². The number of hydrogen-bond acceptors (Lipinski definition) is 5. The Morgan fingerprint density at radius 1 is 1.11 bits per heavy atom. The standard InChI is InChI=1S/C22H30N2O4/c25-21(23-16-20-6-5-15-27-20)17-28-22(26)12-9-18-7-10-19(11-8-18)24-13-3-1-2-4-14-24/h7-12,20H,1-6,13-17H2,(H,23,25)/b12-9+/t20-/m0/s1. The Bertz CT molecular complexity index is 658. The van der Waals surface area contributed by atoms with Crippen LogP contribution < -0.4 is 10.2 Å². The smallest absolute Gasteiger partial charge is 0.331 e. The van der Waals surface area contributed by atoms with Crippen molar-refractivity contribution < 1.29 is 19.1 Å². The predicted molar refractivity (Wildman–Crippen MR) is 109 cm³/mol. The third-order valence-electron chi connectivity index (χ3n) is 5.17. The van der Waals surface area contributed by atoms with Crippen molar-refractivity contribution in [3.63, 3.8) is 0 Å². The van der Waals surface area contributed by atoms with E-state index in [2.05, 4.69) is 22.3 Å². The first-order chi connectivity index (χ1) is 13.7. The van der Waals surface area contributed by atoms with Crippen LogP contribution in [0.5, 0.6) is 0 Å². The molecule has 0 bridgehead atoms. The van der Waals surface area contributed by atoms with Crippen molar-refractivity contribution in [2.24, 2.45) is 0 Å². The minimum absolute atomic E-state index is 0.0804. The zero-order valence-electron chi connectivity index (χ0n) is 16.4. The maximum atomic E-state index is 11.8. The van der Waals surface area contributed by atoms with Crippen molar-refractivity contribution in [1.29, 1.82) is 0 Å². The van der Waals surface area contributed by atoms with Gasteiger partial charge in [-0.2, -0.15) is 0 Å². The fourth-order valence-corrected chi connectivity index (χ4v) is 3.56. The lowest BCUT2D eigenvalue weighted by Crippen LogP contribution is -2.34. The zero-order chi connectivity index (χ0) is 19.6. The van der Waals surface area contributed by atoms with Crippen molar-refractivity contribution in [3.8, 4) is 0 Å². The second-order valence-corrected chi connectivity index (χ2v) is 7.37. The summed E-state index contributed by atoms with van der Waals surface area (Å²) in [6.45, 7) is 3.16. The first kappa shape index (κ1) is 20.4. The van der Waals surface area contributed by atoms with E-state index in [0.717, 1.165) is 38.1 Å². The monoisotopic (exact) mass is 386 g/mol.